The molecule has 0 radical (unpaired) electrons. The molecule has 13 nitrogen and oxygen atoms in total. The van der Waals surface area contributed by atoms with Crippen LogP contribution in [0, 0.1) is 0 Å². The monoisotopic (exact) mass is 952 g/mol. The molecule has 0 aromatic heterocycles. The predicted octanol–water partition coefficient (Wildman–Crippen LogP) is 10.7. The predicted molar refractivity (Wildman–Crippen MR) is 261 cm³/mol. The lowest BCUT2D eigenvalue weighted by Crippen LogP contribution is -2.61. The number of hydrogen-bond acceptors (Lipinski definition) is 11. The van der Waals surface area contributed by atoms with Crippen LogP contribution in [-0.4, -0.2) is 107 Å². The number of aliphatic hydroxyl groups is 5. The number of rotatable bonds is 47. The highest BCUT2D eigenvalue weighted by atomic mass is 32.3. The Bertz CT molecular complexity index is 1180. The Labute approximate surface area is 397 Å². The van der Waals surface area contributed by atoms with Crippen LogP contribution in [0.2, 0.25) is 0 Å². The number of amides is 1. The van der Waals surface area contributed by atoms with E-state index in [2.05, 4.69) is 23.3 Å². The van der Waals surface area contributed by atoms with Crippen LogP contribution in [-0.2, 0) is 28.9 Å². The third kappa shape index (κ3) is 34.1. The summed E-state index contributed by atoms with van der Waals surface area (Å²) in [7, 11) is -5.11. The normalized spacial score (nSPS) is 20.5. The molecule has 8 unspecified atom stereocenters. The fourth-order valence-electron chi connectivity index (χ4n) is 9.00. The van der Waals surface area contributed by atoms with Crippen LogP contribution in [0.4, 0.5) is 0 Å². The lowest BCUT2D eigenvalue weighted by atomic mass is 9.99. The quantitative estimate of drug-likeness (QED) is 0.0224. The van der Waals surface area contributed by atoms with Gasteiger partial charge in [0.05, 0.1) is 25.4 Å². The van der Waals surface area contributed by atoms with E-state index in [0.29, 0.717) is 19.3 Å². The molecule has 0 spiro atoms. The molecule has 0 aromatic carbocycles. The number of aliphatic hydroxyl groups excluding tert-OH is 5. The highest BCUT2D eigenvalue weighted by molar-refractivity contribution is 7.80. The zero-order chi connectivity index (χ0) is 47.8. The van der Waals surface area contributed by atoms with E-state index < -0.39 is 78.5 Å². The van der Waals surface area contributed by atoms with Crippen molar-refractivity contribution in [2.45, 2.75) is 307 Å². The van der Waals surface area contributed by atoms with Gasteiger partial charge in [0.15, 0.2) is 6.29 Å². The molecule has 0 aliphatic carbocycles. The lowest BCUT2D eigenvalue weighted by molar-refractivity contribution is -0.298. The third-order valence-corrected chi connectivity index (χ3v) is 13.7. The van der Waals surface area contributed by atoms with Crippen LogP contribution in [0.3, 0.4) is 0 Å². The molecule has 14 heteroatoms. The van der Waals surface area contributed by atoms with Crippen molar-refractivity contribution in [3.05, 3.63) is 0 Å². The fraction of sp³-hybridized carbons (Fsp3) is 0.980. The Hall–Kier alpha value is -0.940. The van der Waals surface area contributed by atoms with Gasteiger partial charge in [-0.3, -0.25) is 9.35 Å². The Balaban J connectivity index is 2.43. The number of unbranched alkanes of at least 4 members (excludes halogenated alkanes) is 34. The van der Waals surface area contributed by atoms with Crippen molar-refractivity contribution in [1.29, 1.82) is 0 Å². The minimum atomic E-state index is -5.11. The molecular formula is C51H101NO12S. The Kier molecular flexibility index (Phi) is 40.1. The van der Waals surface area contributed by atoms with Gasteiger partial charge in [-0.2, -0.15) is 8.42 Å². The number of nitrogens with one attached hydrogen (secondary N) is 1. The summed E-state index contributed by atoms with van der Waals surface area (Å²) in [6, 6.07) is -1.03. The van der Waals surface area contributed by atoms with Gasteiger partial charge in [-0.05, 0) is 12.8 Å². The molecule has 0 saturated carbocycles. The SMILES string of the molecule is CCCCCCCCCCCCCCCCCCCCCCCC(O)C(=O)NC(COC1OC(CO)C(O)C(OS(=O)(=O)O)C1O)C(O)CCCCCCCCCCCCCCCCC. The van der Waals surface area contributed by atoms with Crippen LogP contribution < -0.4 is 5.32 Å². The first kappa shape index (κ1) is 62.1. The van der Waals surface area contributed by atoms with Gasteiger partial charge in [-0.15, -0.1) is 0 Å². The maximum atomic E-state index is 13.2. The summed E-state index contributed by atoms with van der Waals surface area (Å²) in [4.78, 5) is 13.2. The Morgan fingerprint density at radius 3 is 1.23 bits per heavy atom. The summed E-state index contributed by atoms with van der Waals surface area (Å²) in [6.07, 6.45) is 34.2. The van der Waals surface area contributed by atoms with E-state index in [-0.39, 0.29) is 6.42 Å². The van der Waals surface area contributed by atoms with E-state index in [0.717, 1.165) is 38.5 Å². The van der Waals surface area contributed by atoms with Gasteiger partial charge in [-0.25, -0.2) is 4.18 Å². The standard InChI is InChI=1S/C51H101NO12S/c1-3-5-7-9-11-13-15-17-19-20-21-22-23-24-26-28-30-32-34-36-38-40-45(55)50(58)52-43(42-62-51-48(57)49(64-65(59,60)61)47(56)46(41-53)63-51)44(54)39-37-35-33-31-29-27-25-18-16-14-12-10-8-6-4-2/h43-49,51,53-57H,3-42H2,1-2H3,(H,52,58)(H,59,60,61). The molecule has 1 heterocycles. The van der Waals surface area contributed by atoms with Gasteiger partial charge in [-0.1, -0.05) is 245 Å². The molecule has 0 bridgehead atoms. The summed E-state index contributed by atoms with van der Waals surface area (Å²) in [5, 5.41) is 55.6. The molecule has 8 atom stereocenters. The van der Waals surface area contributed by atoms with Gasteiger partial charge < -0.3 is 40.3 Å². The minimum Gasteiger partial charge on any atom is -0.394 e. The maximum absolute atomic E-state index is 13.2. The van der Waals surface area contributed by atoms with Gasteiger partial charge in [0, 0.05) is 0 Å². The zero-order valence-electron chi connectivity index (χ0n) is 41.4. The molecule has 1 saturated heterocycles. The molecule has 7 N–H and O–H groups in total. The Morgan fingerprint density at radius 2 is 0.892 bits per heavy atom. The van der Waals surface area contributed by atoms with Crippen molar-refractivity contribution in [3.8, 4) is 0 Å². The molecule has 1 aliphatic heterocycles. The summed E-state index contributed by atoms with van der Waals surface area (Å²) >= 11 is 0. The second-order valence-electron chi connectivity index (χ2n) is 19.3. The van der Waals surface area contributed by atoms with Crippen LogP contribution in [0.1, 0.15) is 258 Å². The molecule has 65 heavy (non-hydrogen) atoms. The average Bonchev–Trinajstić information content (AvgIpc) is 3.28. The zero-order valence-corrected chi connectivity index (χ0v) is 42.3. The second-order valence-corrected chi connectivity index (χ2v) is 20.4. The highest BCUT2D eigenvalue weighted by Crippen LogP contribution is 2.26. The van der Waals surface area contributed by atoms with Crippen LogP contribution in [0.25, 0.3) is 0 Å². The van der Waals surface area contributed by atoms with Crippen LogP contribution in [0.5, 0.6) is 0 Å². The summed E-state index contributed by atoms with van der Waals surface area (Å²) in [5.74, 6) is -0.663. The molecule has 1 fully saturated rings. The van der Waals surface area contributed by atoms with Gasteiger partial charge in [0.2, 0.25) is 5.91 Å². The third-order valence-electron chi connectivity index (χ3n) is 13.3. The Morgan fingerprint density at radius 1 is 0.554 bits per heavy atom. The molecular weight excluding hydrogens is 851 g/mol. The van der Waals surface area contributed by atoms with Crippen molar-refractivity contribution in [2.75, 3.05) is 13.2 Å². The highest BCUT2D eigenvalue weighted by Gasteiger charge is 2.48. The van der Waals surface area contributed by atoms with Gasteiger partial charge in [0.25, 0.3) is 0 Å². The number of hydrogen-bond donors (Lipinski definition) is 7. The molecule has 1 rings (SSSR count). The number of carbonyl (C=O) groups excluding carboxylic acids is 1. The molecule has 0 aromatic rings. The van der Waals surface area contributed by atoms with E-state index >= 15 is 0 Å². The summed E-state index contributed by atoms with van der Waals surface area (Å²) in [6.45, 7) is 3.32. The van der Waals surface area contributed by atoms with E-state index in [9.17, 15) is 43.3 Å². The smallest absolute Gasteiger partial charge is 0.394 e. The first-order valence-corrected chi connectivity index (χ1v) is 28.4. The van der Waals surface area contributed by atoms with E-state index in [1.54, 1.807) is 0 Å². The van der Waals surface area contributed by atoms with Gasteiger partial charge >= 0.3 is 10.4 Å². The fourth-order valence-corrected chi connectivity index (χ4v) is 9.51. The molecule has 1 amide bonds. The van der Waals surface area contributed by atoms with Crippen molar-refractivity contribution >= 4 is 16.3 Å². The van der Waals surface area contributed by atoms with Crippen molar-refractivity contribution < 1.29 is 57.0 Å². The number of carbonyl (C=O) groups is 1. The molecule has 1 aliphatic rings. The minimum absolute atomic E-state index is 0.267. The van der Waals surface area contributed by atoms with Crippen molar-refractivity contribution in [3.63, 3.8) is 0 Å². The van der Waals surface area contributed by atoms with Crippen molar-refractivity contribution in [1.82, 2.24) is 5.32 Å². The first-order chi connectivity index (χ1) is 31.4. The van der Waals surface area contributed by atoms with E-state index in [1.165, 1.54) is 180 Å². The van der Waals surface area contributed by atoms with E-state index in [4.69, 9.17) is 9.47 Å². The van der Waals surface area contributed by atoms with Crippen LogP contribution in [0.15, 0.2) is 0 Å². The lowest BCUT2D eigenvalue weighted by Gasteiger charge is -2.41. The topological polar surface area (TPSA) is 212 Å². The summed E-state index contributed by atoms with van der Waals surface area (Å²) < 4.78 is 47.7. The summed E-state index contributed by atoms with van der Waals surface area (Å²) in [5.41, 5.74) is 0. The maximum Gasteiger partial charge on any atom is 0.397 e. The largest absolute Gasteiger partial charge is 0.397 e. The second kappa shape index (κ2) is 42.0. The first-order valence-electron chi connectivity index (χ1n) is 27.0. The van der Waals surface area contributed by atoms with Gasteiger partial charge in [0.1, 0.15) is 30.5 Å². The molecule has 388 valence electrons. The van der Waals surface area contributed by atoms with Crippen LogP contribution >= 0.6 is 0 Å². The van der Waals surface area contributed by atoms with E-state index in [1.807, 2.05) is 0 Å². The number of ether oxygens (including phenoxy) is 2. The van der Waals surface area contributed by atoms with Crippen molar-refractivity contribution in [2.24, 2.45) is 0 Å². The average molecular weight is 952 g/mol.